The second-order valence-corrected chi connectivity index (χ2v) is 9.49. The van der Waals surface area contributed by atoms with Crippen LogP contribution in [0.4, 0.5) is 5.13 Å². The topological polar surface area (TPSA) is 72.6 Å². The third-order valence-electron chi connectivity index (χ3n) is 5.90. The number of rotatable bonds is 5. The van der Waals surface area contributed by atoms with Crippen molar-refractivity contribution in [2.45, 2.75) is 40.2 Å². The Morgan fingerprint density at radius 2 is 1.94 bits per heavy atom. The van der Waals surface area contributed by atoms with Crippen LogP contribution in [0.25, 0.3) is 11.0 Å². The largest absolute Gasteiger partial charge is 0.494 e. The summed E-state index contributed by atoms with van der Waals surface area (Å²) in [5.74, 6) is 0.415. The molecule has 33 heavy (non-hydrogen) atoms. The van der Waals surface area contributed by atoms with Crippen LogP contribution in [-0.2, 0) is 0 Å². The summed E-state index contributed by atoms with van der Waals surface area (Å²) in [4.78, 5) is 34.6. The fraction of sp³-hybridized carbons (Fsp3) is 0.269. The van der Waals surface area contributed by atoms with Crippen LogP contribution in [-0.4, -0.2) is 17.5 Å². The molecule has 0 aliphatic carbocycles. The number of carbonyl (C=O) groups is 1. The molecule has 0 bridgehead atoms. The van der Waals surface area contributed by atoms with Gasteiger partial charge in [-0.25, -0.2) is 4.98 Å². The third kappa shape index (κ3) is 3.53. The maximum absolute atomic E-state index is 13.7. The minimum atomic E-state index is -0.649. The number of anilines is 1. The van der Waals surface area contributed by atoms with Gasteiger partial charge < -0.3 is 9.15 Å². The third-order valence-corrected chi connectivity index (χ3v) is 6.97. The van der Waals surface area contributed by atoms with E-state index in [4.69, 9.17) is 9.15 Å². The van der Waals surface area contributed by atoms with Crippen LogP contribution in [0.15, 0.2) is 51.7 Å². The second-order valence-electron chi connectivity index (χ2n) is 8.31. The van der Waals surface area contributed by atoms with Crippen molar-refractivity contribution in [1.29, 1.82) is 0 Å². The van der Waals surface area contributed by atoms with Crippen molar-refractivity contribution in [2.24, 2.45) is 0 Å². The number of nitrogens with zero attached hydrogens (tertiary/aromatic N) is 2. The molecule has 1 amide bonds. The molecule has 1 aliphatic rings. The Morgan fingerprint density at radius 3 is 2.67 bits per heavy atom. The first-order chi connectivity index (χ1) is 15.9. The van der Waals surface area contributed by atoms with Crippen molar-refractivity contribution in [2.75, 3.05) is 11.5 Å². The van der Waals surface area contributed by atoms with E-state index in [0.29, 0.717) is 34.0 Å². The van der Waals surface area contributed by atoms with Gasteiger partial charge in [-0.1, -0.05) is 30.7 Å². The summed E-state index contributed by atoms with van der Waals surface area (Å²) in [6.45, 7) is 8.44. The average Bonchev–Trinajstić information content (AvgIpc) is 3.29. The first-order valence-corrected chi connectivity index (χ1v) is 11.8. The molecule has 2 aromatic heterocycles. The average molecular weight is 461 g/mol. The van der Waals surface area contributed by atoms with Gasteiger partial charge in [-0.3, -0.25) is 14.5 Å². The minimum absolute atomic E-state index is 0.0757. The van der Waals surface area contributed by atoms with Crippen molar-refractivity contribution in [3.05, 3.63) is 85.7 Å². The van der Waals surface area contributed by atoms with Gasteiger partial charge in [0.2, 0.25) is 5.76 Å². The number of benzene rings is 2. The van der Waals surface area contributed by atoms with Gasteiger partial charge in [-0.15, -0.1) is 11.3 Å². The Kier molecular flexibility index (Phi) is 5.29. The SMILES string of the molecule is CCCOc1cccc(C2c3c(oc4ccc(C)cc4c3=O)C(=O)N2c2nc(C)c(C)s2)c1. The maximum Gasteiger partial charge on any atom is 0.297 e. The van der Waals surface area contributed by atoms with E-state index in [0.717, 1.165) is 28.1 Å². The van der Waals surface area contributed by atoms with E-state index in [2.05, 4.69) is 4.98 Å². The molecular weight excluding hydrogens is 436 g/mol. The summed E-state index contributed by atoms with van der Waals surface area (Å²) in [6, 6.07) is 12.3. The number of hydrogen-bond donors (Lipinski definition) is 0. The van der Waals surface area contributed by atoms with Crippen LogP contribution in [0.3, 0.4) is 0 Å². The molecule has 0 radical (unpaired) electrons. The van der Waals surface area contributed by atoms with Gasteiger partial charge >= 0.3 is 0 Å². The highest BCUT2D eigenvalue weighted by Gasteiger charge is 2.45. The lowest BCUT2D eigenvalue weighted by Crippen LogP contribution is -2.29. The van der Waals surface area contributed by atoms with Gasteiger partial charge in [0, 0.05) is 4.88 Å². The van der Waals surface area contributed by atoms with E-state index in [1.165, 1.54) is 11.3 Å². The fourth-order valence-electron chi connectivity index (χ4n) is 4.15. The van der Waals surface area contributed by atoms with Crippen molar-refractivity contribution in [1.82, 2.24) is 4.98 Å². The van der Waals surface area contributed by atoms with Crippen LogP contribution in [0.1, 0.15) is 57.2 Å². The van der Waals surface area contributed by atoms with Gasteiger partial charge in [0.15, 0.2) is 10.6 Å². The Hall–Kier alpha value is -3.45. The molecule has 1 atom stereocenters. The van der Waals surface area contributed by atoms with E-state index in [9.17, 15) is 9.59 Å². The van der Waals surface area contributed by atoms with Gasteiger partial charge in [0.1, 0.15) is 11.3 Å². The van der Waals surface area contributed by atoms with E-state index in [1.807, 2.05) is 64.1 Å². The first kappa shape index (κ1) is 21.4. The Morgan fingerprint density at radius 1 is 1.12 bits per heavy atom. The van der Waals surface area contributed by atoms with Crippen LogP contribution < -0.4 is 15.1 Å². The molecule has 0 saturated heterocycles. The minimum Gasteiger partial charge on any atom is -0.494 e. The molecular formula is C26H24N2O4S. The zero-order valence-electron chi connectivity index (χ0n) is 19.0. The van der Waals surface area contributed by atoms with Gasteiger partial charge in [-0.05, 0) is 57.0 Å². The molecule has 5 rings (SSSR count). The summed E-state index contributed by atoms with van der Waals surface area (Å²) < 4.78 is 11.9. The Labute approximate surface area is 195 Å². The number of aryl methyl sites for hydroxylation is 3. The first-order valence-electron chi connectivity index (χ1n) is 11.0. The lowest BCUT2D eigenvalue weighted by atomic mass is 9.98. The molecule has 0 N–H and O–H groups in total. The Bertz CT molecular complexity index is 1430. The maximum atomic E-state index is 13.7. The zero-order valence-corrected chi connectivity index (χ0v) is 19.8. The molecule has 4 aromatic rings. The van der Waals surface area contributed by atoms with Crippen LogP contribution >= 0.6 is 11.3 Å². The molecule has 2 aromatic carbocycles. The lowest BCUT2D eigenvalue weighted by molar-refractivity contribution is 0.0971. The summed E-state index contributed by atoms with van der Waals surface area (Å²) in [7, 11) is 0. The van der Waals surface area contributed by atoms with Crippen molar-refractivity contribution < 1.29 is 13.9 Å². The number of carbonyl (C=O) groups excluding carboxylic acids is 1. The molecule has 0 fully saturated rings. The van der Waals surface area contributed by atoms with Gasteiger partial charge in [0.05, 0.1) is 29.3 Å². The highest BCUT2D eigenvalue weighted by atomic mass is 32.1. The van der Waals surface area contributed by atoms with E-state index >= 15 is 0 Å². The quantitative estimate of drug-likeness (QED) is 0.381. The summed E-state index contributed by atoms with van der Waals surface area (Å²) in [6.07, 6.45) is 0.883. The molecule has 168 valence electrons. The number of thiazole rings is 1. The number of hydrogen-bond acceptors (Lipinski definition) is 6. The highest BCUT2D eigenvalue weighted by molar-refractivity contribution is 7.15. The molecule has 1 aliphatic heterocycles. The number of ether oxygens (including phenoxy) is 1. The van der Waals surface area contributed by atoms with E-state index in [1.54, 1.807) is 11.0 Å². The molecule has 6 nitrogen and oxygen atoms in total. The van der Waals surface area contributed by atoms with Gasteiger partial charge in [-0.2, -0.15) is 0 Å². The second kappa shape index (κ2) is 8.15. The predicted octanol–water partition coefficient (Wildman–Crippen LogP) is 5.71. The lowest BCUT2D eigenvalue weighted by Gasteiger charge is -2.23. The summed E-state index contributed by atoms with van der Waals surface area (Å²) in [5.41, 5.74) is 3.15. The van der Waals surface area contributed by atoms with E-state index < -0.39 is 6.04 Å². The number of amides is 1. The van der Waals surface area contributed by atoms with Crippen LogP contribution in [0.2, 0.25) is 0 Å². The van der Waals surface area contributed by atoms with Crippen molar-refractivity contribution in [3.63, 3.8) is 0 Å². The number of aromatic nitrogens is 1. The van der Waals surface area contributed by atoms with Crippen molar-refractivity contribution >= 4 is 33.3 Å². The highest BCUT2D eigenvalue weighted by Crippen LogP contribution is 2.43. The monoisotopic (exact) mass is 460 g/mol. The van der Waals surface area contributed by atoms with E-state index in [-0.39, 0.29) is 17.1 Å². The van der Waals surface area contributed by atoms with Crippen molar-refractivity contribution in [3.8, 4) is 5.75 Å². The molecule has 3 heterocycles. The zero-order chi connectivity index (χ0) is 23.3. The summed E-state index contributed by atoms with van der Waals surface area (Å²) in [5, 5.41) is 1.02. The predicted molar refractivity (Wildman–Crippen MR) is 130 cm³/mol. The summed E-state index contributed by atoms with van der Waals surface area (Å²) >= 11 is 1.43. The molecule has 7 heteroatoms. The number of fused-ring (bicyclic) bond motifs is 2. The fourth-order valence-corrected chi connectivity index (χ4v) is 5.09. The van der Waals surface area contributed by atoms with Crippen LogP contribution in [0, 0.1) is 20.8 Å². The van der Waals surface area contributed by atoms with Gasteiger partial charge in [0.25, 0.3) is 5.91 Å². The van der Waals surface area contributed by atoms with Crippen LogP contribution in [0.5, 0.6) is 5.75 Å². The molecule has 0 saturated carbocycles. The molecule has 1 unspecified atom stereocenters. The normalized spacial score (nSPS) is 15.3. The standard InChI is InChI=1S/C26H24N2O4S/c1-5-11-31-18-8-6-7-17(13-18)22-21-23(29)19-12-14(2)9-10-20(19)32-24(21)25(30)28(22)26-27-15(3)16(4)33-26/h6-10,12-13,22H,5,11H2,1-4H3. The molecule has 0 spiro atoms. The smallest absolute Gasteiger partial charge is 0.297 e. The Balaban J connectivity index is 1.76.